The summed E-state index contributed by atoms with van der Waals surface area (Å²) >= 11 is 1.83. The highest BCUT2D eigenvalue weighted by molar-refractivity contribution is 7.99. The van der Waals surface area contributed by atoms with Crippen LogP contribution in [0.15, 0.2) is 41.8 Å². The summed E-state index contributed by atoms with van der Waals surface area (Å²) < 4.78 is 0. The molecule has 0 aliphatic heterocycles. The van der Waals surface area contributed by atoms with Crippen molar-refractivity contribution in [1.29, 1.82) is 0 Å². The highest BCUT2D eigenvalue weighted by Gasteiger charge is 2.05. The first-order chi connectivity index (χ1) is 8.31. The zero-order valence-electron chi connectivity index (χ0n) is 10.9. The Bertz CT molecular complexity index is 331. The summed E-state index contributed by atoms with van der Waals surface area (Å²) in [5.74, 6) is 1.73. The number of nitrogens with one attached hydrogen (secondary N) is 1. The van der Waals surface area contributed by atoms with Gasteiger partial charge < -0.3 is 5.32 Å². The Morgan fingerprint density at radius 3 is 2.65 bits per heavy atom. The molecule has 1 aromatic rings. The highest BCUT2D eigenvalue weighted by atomic mass is 32.2. The molecule has 0 bridgehead atoms. The molecule has 1 N–H and O–H groups in total. The molecule has 0 heterocycles. The molecule has 17 heavy (non-hydrogen) atoms. The van der Waals surface area contributed by atoms with E-state index < -0.39 is 0 Å². The number of rotatable bonds is 8. The number of benzene rings is 1. The van der Waals surface area contributed by atoms with Gasteiger partial charge in [0.2, 0.25) is 0 Å². The summed E-state index contributed by atoms with van der Waals surface area (Å²) in [5.41, 5.74) is 1.26. The Morgan fingerprint density at radius 1 is 1.29 bits per heavy atom. The second kappa shape index (κ2) is 8.24. The lowest BCUT2D eigenvalue weighted by Crippen LogP contribution is -2.13. The van der Waals surface area contributed by atoms with Crippen LogP contribution in [-0.4, -0.2) is 12.3 Å². The minimum Gasteiger partial charge on any atom is -0.384 e. The molecule has 0 spiro atoms. The van der Waals surface area contributed by atoms with E-state index >= 15 is 0 Å². The lowest BCUT2D eigenvalue weighted by Gasteiger charge is -2.16. The van der Waals surface area contributed by atoms with Gasteiger partial charge in [0.15, 0.2) is 0 Å². The molecule has 0 fully saturated rings. The number of anilines is 1. The maximum Gasteiger partial charge on any atom is 0.0478 e. The second-order valence-corrected chi connectivity index (χ2v) is 5.22. The molecule has 2 heteroatoms. The molecular formula is C15H23NS. The van der Waals surface area contributed by atoms with E-state index in [-0.39, 0.29) is 0 Å². The molecular weight excluding hydrogens is 226 g/mol. The first-order valence-corrected chi connectivity index (χ1v) is 7.36. The Labute approximate surface area is 110 Å². The Balaban J connectivity index is 2.59. The standard InChI is InChI=1S/C15H23NS/c1-4-11-17-15-10-8-7-9-14(15)16-12-13(5-2)6-3/h4,7-10,13,16H,1,5-6,11-12H2,2-3H3. The monoisotopic (exact) mass is 249 g/mol. The van der Waals surface area contributed by atoms with Crippen molar-refractivity contribution in [2.75, 3.05) is 17.6 Å². The van der Waals surface area contributed by atoms with Crippen molar-refractivity contribution in [3.8, 4) is 0 Å². The van der Waals surface area contributed by atoms with Gasteiger partial charge in [-0.05, 0) is 18.1 Å². The van der Waals surface area contributed by atoms with Crippen molar-refractivity contribution in [2.45, 2.75) is 31.6 Å². The van der Waals surface area contributed by atoms with Crippen LogP contribution in [-0.2, 0) is 0 Å². The van der Waals surface area contributed by atoms with E-state index in [9.17, 15) is 0 Å². The van der Waals surface area contributed by atoms with E-state index in [1.165, 1.54) is 23.4 Å². The van der Waals surface area contributed by atoms with Crippen LogP contribution in [0.3, 0.4) is 0 Å². The summed E-state index contributed by atoms with van der Waals surface area (Å²) in [5, 5.41) is 3.57. The third-order valence-corrected chi connectivity index (χ3v) is 4.05. The SMILES string of the molecule is C=CCSc1ccccc1NCC(CC)CC. The molecule has 0 saturated carbocycles. The summed E-state index contributed by atoms with van der Waals surface area (Å²) in [6, 6.07) is 8.51. The minimum absolute atomic E-state index is 0.771. The molecule has 0 aliphatic carbocycles. The van der Waals surface area contributed by atoms with Crippen LogP contribution in [0.25, 0.3) is 0 Å². The summed E-state index contributed by atoms with van der Waals surface area (Å²) in [7, 11) is 0. The third-order valence-electron chi connectivity index (χ3n) is 2.98. The number of thioether (sulfide) groups is 1. The molecule has 1 aromatic carbocycles. The van der Waals surface area contributed by atoms with Gasteiger partial charge in [0.05, 0.1) is 0 Å². The molecule has 0 radical (unpaired) electrons. The fourth-order valence-electron chi connectivity index (χ4n) is 1.72. The first-order valence-electron chi connectivity index (χ1n) is 6.38. The van der Waals surface area contributed by atoms with Crippen molar-refractivity contribution in [3.63, 3.8) is 0 Å². The van der Waals surface area contributed by atoms with Gasteiger partial charge in [-0.1, -0.05) is 44.9 Å². The van der Waals surface area contributed by atoms with Crippen LogP contribution in [0, 0.1) is 5.92 Å². The van der Waals surface area contributed by atoms with Gasteiger partial charge in [0, 0.05) is 22.9 Å². The zero-order chi connectivity index (χ0) is 12.5. The molecule has 0 aliphatic rings. The van der Waals surface area contributed by atoms with Gasteiger partial charge in [-0.2, -0.15) is 0 Å². The lowest BCUT2D eigenvalue weighted by molar-refractivity contribution is 0.519. The van der Waals surface area contributed by atoms with E-state index in [1.54, 1.807) is 0 Å². The van der Waals surface area contributed by atoms with Crippen LogP contribution in [0.4, 0.5) is 5.69 Å². The van der Waals surface area contributed by atoms with Crippen LogP contribution >= 0.6 is 11.8 Å². The van der Waals surface area contributed by atoms with Crippen molar-refractivity contribution < 1.29 is 0 Å². The summed E-state index contributed by atoms with van der Waals surface area (Å²) in [6.07, 6.45) is 4.43. The number of hydrogen-bond acceptors (Lipinski definition) is 2. The Morgan fingerprint density at radius 2 is 2.00 bits per heavy atom. The van der Waals surface area contributed by atoms with Gasteiger partial charge in [-0.25, -0.2) is 0 Å². The topological polar surface area (TPSA) is 12.0 Å². The predicted molar refractivity (Wildman–Crippen MR) is 79.9 cm³/mol. The van der Waals surface area contributed by atoms with Crippen LogP contribution in [0.2, 0.25) is 0 Å². The molecule has 0 saturated heterocycles. The van der Waals surface area contributed by atoms with E-state index in [0.717, 1.165) is 18.2 Å². The maximum atomic E-state index is 3.76. The molecule has 1 nitrogen and oxygen atoms in total. The average Bonchev–Trinajstić information content (AvgIpc) is 2.38. The van der Waals surface area contributed by atoms with Gasteiger partial charge >= 0.3 is 0 Å². The largest absolute Gasteiger partial charge is 0.384 e. The van der Waals surface area contributed by atoms with Crippen LogP contribution < -0.4 is 5.32 Å². The fraction of sp³-hybridized carbons (Fsp3) is 0.467. The summed E-state index contributed by atoms with van der Waals surface area (Å²) in [4.78, 5) is 1.32. The average molecular weight is 249 g/mol. The number of hydrogen-bond donors (Lipinski definition) is 1. The smallest absolute Gasteiger partial charge is 0.0478 e. The quantitative estimate of drug-likeness (QED) is 0.524. The van der Waals surface area contributed by atoms with E-state index in [2.05, 4.69) is 50.0 Å². The molecule has 0 amide bonds. The summed E-state index contributed by atoms with van der Waals surface area (Å²) in [6.45, 7) is 9.35. The van der Waals surface area contributed by atoms with Crippen molar-refractivity contribution in [2.24, 2.45) is 5.92 Å². The molecule has 1 rings (SSSR count). The van der Waals surface area contributed by atoms with E-state index in [1.807, 2.05) is 17.8 Å². The normalized spacial score (nSPS) is 10.5. The maximum absolute atomic E-state index is 3.76. The van der Waals surface area contributed by atoms with Gasteiger partial charge in [0.25, 0.3) is 0 Å². The Kier molecular flexibility index (Phi) is 6.87. The highest BCUT2D eigenvalue weighted by Crippen LogP contribution is 2.27. The minimum atomic E-state index is 0.771. The zero-order valence-corrected chi connectivity index (χ0v) is 11.7. The van der Waals surface area contributed by atoms with E-state index in [4.69, 9.17) is 0 Å². The third kappa shape index (κ3) is 4.86. The van der Waals surface area contributed by atoms with Gasteiger partial charge in [0.1, 0.15) is 0 Å². The predicted octanol–water partition coefficient (Wildman–Crippen LogP) is 4.81. The van der Waals surface area contributed by atoms with Crippen molar-refractivity contribution in [1.82, 2.24) is 0 Å². The molecule has 0 aromatic heterocycles. The Hall–Kier alpha value is -0.890. The van der Waals surface area contributed by atoms with E-state index in [0.29, 0.717) is 0 Å². The van der Waals surface area contributed by atoms with Crippen LogP contribution in [0.1, 0.15) is 26.7 Å². The van der Waals surface area contributed by atoms with Crippen molar-refractivity contribution >= 4 is 17.4 Å². The molecule has 0 unspecified atom stereocenters. The molecule has 0 atom stereocenters. The molecule has 94 valence electrons. The van der Waals surface area contributed by atoms with Gasteiger partial charge in [-0.15, -0.1) is 18.3 Å². The second-order valence-electron chi connectivity index (χ2n) is 4.16. The fourth-order valence-corrected chi connectivity index (χ4v) is 2.49. The van der Waals surface area contributed by atoms with Gasteiger partial charge in [-0.3, -0.25) is 0 Å². The number of para-hydroxylation sites is 1. The van der Waals surface area contributed by atoms with Crippen molar-refractivity contribution in [3.05, 3.63) is 36.9 Å². The first kappa shape index (κ1) is 14.2. The van der Waals surface area contributed by atoms with Crippen LogP contribution in [0.5, 0.6) is 0 Å². The lowest BCUT2D eigenvalue weighted by atomic mass is 10.0.